The molecule has 1 atom stereocenters. The van der Waals surface area contributed by atoms with Gasteiger partial charge in [-0.15, -0.1) is 0 Å². The monoisotopic (exact) mass is 664 g/mol. The van der Waals surface area contributed by atoms with Gasteiger partial charge in [-0.2, -0.15) is 0 Å². The quantitative estimate of drug-likeness (QED) is 0.304. The molecule has 49 heavy (non-hydrogen) atoms. The van der Waals surface area contributed by atoms with Crippen LogP contribution in [0.5, 0.6) is 0 Å². The maximum Gasteiger partial charge on any atom is 0.280 e. The maximum absolute atomic E-state index is 13.9. The van der Waals surface area contributed by atoms with Crippen LogP contribution in [0.3, 0.4) is 0 Å². The van der Waals surface area contributed by atoms with Gasteiger partial charge in [-0.1, -0.05) is 13.8 Å². The van der Waals surface area contributed by atoms with Crippen molar-refractivity contribution in [3.05, 3.63) is 93.6 Å². The summed E-state index contributed by atoms with van der Waals surface area (Å²) >= 11 is 0. The fourth-order valence-electron chi connectivity index (χ4n) is 7.93. The van der Waals surface area contributed by atoms with Crippen LogP contribution in [0.4, 0.5) is 11.5 Å². The number of amides is 1. The number of likely N-dealkylation sites (N-methyl/N-ethyl adjacent to an activating group) is 1. The smallest absolute Gasteiger partial charge is 0.280 e. The van der Waals surface area contributed by atoms with Crippen molar-refractivity contribution < 1.29 is 14.3 Å². The van der Waals surface area contributed by atoms with Crippen molar-refractivity contribution in [2.75, 3.05) is 70.3 Å². The first-order chi connectivity index (χ1) is 23.7. The third-order valence-electron chi connectivity index (χ3n) is 10.6. The first kappa shape index (κ1) is 31.7. The van der Waals surface area contributed by atoms with Crippen molar-refractivity contribution in [3.8, 4) is 5.82 Å². The number of nitrogens with zero attached hydrogens (tertiary/aromatic N) is 7. The summed E-state index contributed by atoms with van der Waals surface area (Å²) in [5, 5.41) is 3.29. The third-order valence-corrected chi connectivity index (χ3v) is 10.6. The molecule has 4 aromatic rings. The minimum absolute atomic E-state index is 0.105. The Kier molecular flexibility index (Phi) is 8.04. The van der Waals surface area contributed by atoms with Gasteiger partial charge in [0.1, 0.15) is 22.8 Å². The van der Waals surface area contributed by atoms with Gasteiger partial charge in [0, 0.05) is 82.6 Å². The van der Waals surface area contributed by atoms with Crippen molar-refractivity contribution in [2.24, 2.45) is 5.41 Å². The Bertz CT molecular complexity index is 1990. The summed E-state index contributed by atoms with van der Waals surface area (Å²) in [7, 11) is 3.45. The van der Waals surface area contributed by atoms with E-state index in [1.165, 1.54) is 11.3 Å². The largest absolute Gasteiger partial charge is 0.380 e. The van der Waals surface area contributed by atoms with E-state index in [9.17, 15) is 9.59 Å². The number of aromatic nitrogens is 4. The number of rotatable bonds is 8. The number of pyridine rings is 2. The van der Waals surface area contributed by atoms with Crippen LogP contribution >= 0.6 is 0 Å². The lowest BCUT2D eigenvalue weighted by Crippen LogP contribution is -2.56. The van der Waals surface area contributed by atoms with Crippen LogP contribution in [0.2, 0.25) is 0 Å². The number of piperazine rings is 1. The Labute approximate surface area is 285 Å². The molecule has 4 aromatic heterocycles. The van der Waals surface area contributed by atoms with Gasteiger partial charge >= 0.3 is 0 Å². The van der Waals surface area contributed by atoms with E-state index in [0.29, 0.717) is 35.4 Å². The van der Waals surface area contributed by atoms with E-state index < -0.39 is 0 Å². The zero-order valence-electron chi connectivity index (χ0n) is 28.7. The summed E-state index contributed by atoms with van der Waals surface area (Å²) in [6, 6.07) is 8.56. The summed E-state index contributed by atoms with van der Waals surface area (Å²) in [4.78, 5) is 43.3. The second-order valence-electron chi connectivity index (χ2n) is 14.6. The number of ether oxygens (including phenoxy) is 2. The predicted octanol–water partition coefficient (Wildman–Crippen LogP) is 3.22. The highest BCUT2D eigenvalue weighted by atomic mass is 16.5. The molecule has 0 bridgehead atoms. The molecular weight excluding hydrogens is 620 g/mol. The fourth-order valence-corrected chi connectivity index (χ4v) is 7.93. The highest BCUT2D eigenvalue weighted by molar-refractivity contribution is 5.97. The molecule has 12 heteroatoms. The van der Waals surface area contributed by atoms with Gasteiger partial charge in [0.05, 0.1) is 37.7 Å². The molecule has 3 aliphatic heterocycles. The van der Waals surface area contributed by atoms with Crippen LogP contribution in [-0.4, -0.2) is 101 Å². The second kappa shape index (κ2) is 12.4. The van der Waals surface area contributed by atoms with Crippen LogP contribution in [0.1, 0.15) is 42.1 Å². The molecule has 0 aromatic carbocycles. The molecule has 1 aliphatic carbocycles. The van der Waals surface area contributed by atoms with Crippen molar-refractivity contribution in [1.29, 1.82) is 0 Å². The van der Waals surface area contributed by atoms with Crippen LogP contribution in [-0.2, 0) is 33.7 Å². The van der Waals surface area contributed by atoms with E-state index >= 15 is 0 Å². The summed E-state index contributed by atoms with van der Waals surface area (Å²) in [5.41, 5.74) is 6.48. The predicted molar refractivity (Wildman–Crippen MR) is 187 cm³/mol. The summed E-state index contributed by atoms with van der Waals surface area (Å²) in [5.74, 6) is 0.882. The lowest BCUT2D eigenvalue weighted by atomic mass is 9.90. The van der Waals surface area contributed by atoms with E-state index in [0.717, 1.165) is 69.0 Å². The van der Waals surface area contributed by atoms with Crippen molar-refractivity contribution >= 4 is 22.9 Å². The van der Waals surface area contributed by atoms with Crippen molar-refractivity contribution in [2.45, 2.75) is 45.3 Å². The third kappa shape index (κ3) is 5.81. The minimum atomic E-state index is -0.160. The summed E-state index contributed by atoms with van der Waals surface area (Å²) in [6.07, 6.45) is 11.2. The Hall–Kier alpha value is -4.52. The van der Waals surface area contributed by atoms with Crippen molar-refractivity contribution in [1.82, 2.24) is 28.7 Å². The zero-order valence-corrected chi connectivity index (χ0v) is 28.7. The Balaban J connectivity index is 1.06. The molecule has 7 heterocycles. The minimum Gasteiger partial charge on any atom is -0.380 e. The topological polar surface area (TPSA) is 109 Å². The van der Waals surface area contributed by atoms with Gasteiger partial charge in [0.2, 0.25) is 0 Å². The molecule has 256 valence electrons. The standard InChI is InChI=1S/C37H44N8O4/c1-37(2)17-24-16-31-36(47)45(14-13-44(31)32(24)18-37)34-29(23-48-4)28(7-8-38-34)25-15-30(35(46)41(3)20-25)40-33-6-5-26(19-39-33)42-9-11-43(12-10-42)27-21-49-22-27/h5-8,13-16,19,25,27H,9-12,17-18,20-23H2,1-4H3,(H,39,40). The molecule has 1 N–H and O–H groups in total. The van der Waals surface area contributed by atoms with Gasteiger partial charge in [-0.05, 0) is 59.7 Å². The van der Waals surface area contributed by atoms with Crippen LogP contribution < -0.4 is 15.8 Å². The first-order valence-corrected chi connectivity index (χ1v) is 17.2. The van der Waals surface area contributed by atoms with E-state index in [1.807, 2.05) is 47.3 Å². The van der Waals surface area contributed by atoms with Crippen LogP contribution in [0, 0.1) is 5.41 Å². The number of methoxy groups -OCH3 is 1. The van der Waals surface area contributed by atoms with Crippen LogP contribution in [0.25, 0.3) is 11.3 Å². The second-order valence-corrected chi connectivity index (χ2v) is 14.6. The number of carbonyl (C=O) groups excluding carboxylic acids is 1. The Morgan fingerprint density at radius 3 is 2.57 bits per heavy atom. The first-order valence-electron chi connectivity index (χ1n) is 17.2. The maximum atomic E-state index is 13.9. The lowest BCUT2D eigenvalue weighted by Gasteiger charge is -2.43. The number of hydrogen-bond donors (Lipinski definition) is 1. The molecule has 0 spiro atoms. The Morgan fingerprint density at radius 1 is 1.04 bits per heavy atom. The van der Waals surface area contributed by atoms with Crippen molar-refractivity contribution in [3.63, 3.8) is 0 Å². The van der Waals surface area contributed by atoms with E-state index in [-0.39, 0.29) is 29.4 Å². The number of nitrogens with one attached hydrogen (secondary N) is 1. The number of anilines is 2. The molecule has 2 fully saturated rings. The summed E-state index contributed by atoms with van der Waals surface area (Å²) in [6.45, 7) is 10.9. The fraction of sp³-hybridized carbons (Fsp3) is 0.459. The SMILES string of the molecule is COCc1c(C2C=C(Nc3ccc(N4CCN(C5COC5)CC4)cn3)C(=O)N(C)C2)ccnc1-n1ccn2c3c(cc2c1=O)CC(C)(C)C3. The molecular formula is C37H44N8O4. The highest BCUT2D eigenvalue weighted by Gasteiger charge is 2.33. The van der Waals surface area contributed by atoms with Crippen LogP contribution in [0.15, 0.2) is 65.6 Å². The number of carbonyl (C=O) groups is 1. The van der Waals surface area contributed by atoms with Gasteiger partial charge in [0.15, 0.2) is 0 Å². The average molecular weight is 665 g/mol. The average Bonchev–Trinajstić information content (AvgIpc) is 3.56. The normalized spacial score (nSPS) is 21.2. The number of fused-ring (bicyclic) bond motifs is 3. The highest BCUT2D eigenvalue weighted by Crippen LogP contribution is 2.37. The molecule has 0 radical (unpaired) electrons. The van der Waals surface area contributed by atoms with Gasteiger partial charge < -0.3 is 29.0 Å². The Morgan fingerprint density at radius 2 is 1.86 bits per heavy atom. The van der Waals surface area contributed by atoms with Gasteiger partial charge in [-0.25, -0.2) is 9.97 Å². The zero-order chi connectivity index (χ0) is 33.9. The van der Waals surface area contributed by atoms with Gasteiger partial charge in [-0.3, -0.25) is 19.1 Å². The summed E-state index contributed by atoms with van der Waals surface area (Å²) < 4.78 is 14.7. The molecule has 12 nitrogen and oxygen atoms in total. The van der Waals surface area contributed by atoms with Gasteiger partial charge in [0.25, 0.3) is 11.5 Å². The molecule has 8 rings (SSSR count). The molecule has 0 saturated carbocycles. The lowest BCUT2D eigenvalue weighted by molar-refractivity contribution is -0.126. The van der Waals surface area contributed by atoms with E-state index in [2.05, 4.69) is 40.0 Å². The van der Waals surface area contributed by atoms with E-state index in [4.69, 9.17) is 14.5 Å². The molecule has 4 aliphatic rings. The molecule has 1 unspecified atom stereocenters. The number of hydrogen-bond acceptors (Lipinski definition) is 9. The molecule has 1 amide bonds. The molecule has 2 saturated heterocycles. The van der Waals surface area contributed by atoms with E-state index in [1.54, 1.807) is 29.8 Å².